The van der Waals surface area contributed by atoms with E-state index in [1.54, 1.807) is 22.3 Å². The van der Waals surface area contributed by atoms with Crippen molar-refractivity contribution in [3.63, 3.8) is 0 Å². The van der Waals surface area contributed by atoms with Gasteiger partial charge in [-0.2, -0.15) is 0 Å². The number of hydrogen-bond donors (Lipinski definition) is 2. The Balaban J connectivity index is 0.000000132. The third-order valence-corrected chi connectivity index (χ3v) is 16.7. The molecule has 0 aromatic heterocycles. The summed E-state index contributed by atoms with van der Waals surface area (Å²) in [5.74, 6) is 2.14. The molecule has 4 atom stereocenters. The van der Waals surface area contributed by atoms with Crippen LogP contribution in [-0.2, 0) is 17.3 Å². The molecule has 0 aliphatic heterocycles. The van der Waals surface area contributed by atoms with E-state index in [1.165, 1.54) is 91.2 Å². The van der Waals surface area contributed by atoms with E-state index in [1.807, 2.05) is 20.8 Å². The summed E-state index contributed by atoms with van der Waals surface area (Å²) >= 11 is 4.66. The topological polar surface area (TPSA) is 26.0 Å². The van der Waals surface area contributed by atoms with Gasteiger partial charge in [0.25, 0.3) is 0 Å². The average Bonchev–Trinajstić information content (AvgIpc) is 3.91. The van der Waals surface area contributed by atoms with Crippen LogP contribution < -0.4 is 5.73 Å². The molecule has 4 aliphatic rings. The molecule has 1 nitrogen and oxygen atoms in total. The summed E-state index contributed by atoms with van der Waals surface area (Å²) in [5, 5.41) is 2.72. The fraction of sp³-hybridized carbons (Fsp3) is 0.292. The molecule has 0 bridgehead atoms. The summed E-state index contributed by atoms with van der Waals surface area (Å²) in [6.07, 6.45) is 5.12. The molecule has 2 heteroatoms. The molecule has 0 amide bonds. The number of aryl methyl sites for hydroxylation is 2. The summed E-state index contributed by atoms with van der Waals surface area (Å²) in [6, 6.07) is 56.8. The van der Waals surface area contributed by atoms with Crippen molar-refractivity contribution < 1.29 is 0 Å². The summed E-state index contributed by atoms with van der Waals surface area (Å²) in [4.78, 5) is 0.986. The van der Waals surface area contributed by atoms with E-state index in [2.05, 4.69) is 213 Å². The molecule has 4 unspecified atom stereocenters. The number of nitrogen functional groups attached to an aromatic ring is 1. The Bertz CT molecular complexity index is 3100. The van der Waals surface area contributed by atoms with Crippen molar-refractivity contribution >= 4 is 29.1 Å². The zero-order valence-electron chi connectivity index (χ0n) is 41.5. The van der Waals surface area contributed by atoms with E-state index in [-0.39, 0.29) is 10.8 Å². The minimum absolute atomic E-state index is 0.00585. The Kier molecular flexibility index (Phi) is 12.7. The molecule has 1 spiro atoms. The van der Waals surface area contributed by atoms with Crippen LogP contribution in [0.25, 0.3) is 44.2 Å². The quantitative estimate of drug-likeness (QED) is 0.131. The highest BCUT2D eigenvalue weighted by Crippen LogP contribution is 2.67. The summed E-state index contributed by atoms with van der Waals surface area (Å²) < 4.78 is 0. The smallest absolute Gasteiger partial charge is 0.0500 e. The van der Waals surface area contributed by atoms with Gasteiger partial charge in [-0.05, 0) is 177 Å². The maximum Gasteiger partial charge on any atom is 0.0500 e. The first kappa shape index (κ1) is 46.3. The second-order valence-electron chi connectivity index (χ2n) is 20.1. The molecule has 0 saturated heterocycles. The Hall–Kier alpha value is -5.83. The van der Waals surface area contributed by atoms with Crippen molar-refractivity contribution in [2.45, 2.75) is 117 Å². The Morgan fingerprint density at radius 2 is 1.15 bits per heavy atom. The van der Waals surface area contributed by atoms with Crippen molar-refractivity contribution in [1.82, 2.24) is 0 Å². The number of benzene rings is 8. The van der Waals surface area contributed by atoms with Gasteiger partial charge in [-0.3, -0.25) is 0 Å². The zero-order chi connectivity index (χ0) is 47.4. The SMILES string of the molecule is CC.CC1CCC2c3ccccc3C3(c4ccccc4-c4cc5ccccc5cc43)C2C1.CCc1ccc2c(c1)C(C)(C)c1ccccc1-2.Cc1ccc(-c2c(C)c(C)c(N)c(C)c2S)cc1. The Morgan fingerprint density at radius 1 is 0.567 bits per heavy atom. The number of nitrogens with two attached hydrogens (primary N) is 1. The molecule has 2 N–H and O–H groups in total. The van der Waals surface area contributed by atoms with Crippen LogP contribution in [0.3, 0.4) is 0 Å². The Morgan fingerprint density at radius 3 is 1.84 bits per heavy atom. The highest BCUT2D eigenvalue weighted by Gasteiger charge is 2.58. The van der Waals surface area contributed by atoms with E-state index in [9.17, 15) is 0 Å². The fourth-order valence-electron chi connectivity index (χ4n) is 12.5. The molecule has 0 heterocycles. The summed E-state index contributed by atoms with van der Waals surface area (Å²) in [5.41, 5.74) is 30.6. The van der Waals surface area contributed by atoms with Gasteiger partial charge in [0, 0.05) is 16.0 Å². The first-order valence-electron chi connectivity index (χ1n) is 25.0. The van der Waals surface area contributed by atoms with Crippen molar-refractivity contribution in [2.24, 2.45) is 11.8 Å². The highest BCUT2D eigenvalue weighted by atomic mass is 32.1. The van der Waals surface area contributed by atoms with Crippen LogP contribution in [0.1, 0.15) is 128 Å². The van der Waals surface area contributed by atoms with Crippen molar-refractivity contribution in [3.8, 4) is 33.4 Å². The van der Waals surface area contributed by atoms with E-state index in [4.69, 9.17) is 5.73 Å². The van der Waals surface area contributed by atoms with Gasteiger partial charge in [-0.1, -0.05) is 193 Å². The second kappa shape index (κ2) is 18.3. The van der Waals surface area contributed by atoms with Gasteiger partial charge in [-0.25, -0.2) is 0 Å². The van der Waals surface area contributed by atoms with E-state index in [0.29, 0.717) is 11.8 Å². The van der Waals surface area contributed by atoms with Crippen molar-refractivity contribution in [3.05, 3.63) is 213 Å². The normalized spacial score (nSPS) is 19.5. The lowest BCUT2D eigenvalue weighted by Gasteiger charge is -2.41. The largest absolute Gasteiger partial charge is 0.398 e. The fourth-order valence-corrected chi connectivity index (χ4v) is 12.9. The van der Waals surface area contributed by atoms with Gasteiger partial charge >= 0.3 is 0 Å². The number of thiol groups is 1. The van der Waals surface area contributed by atoms with Crippen molar-refractivity contribution in [1.29, 1.82) is 0 Å². The Labute approximate surface area is 407 Å². The lowest BCUT2D eigenvalue weighted by Crippen LogP contribution is -2.36. The van der Waals surface area contributed by atoms with Crippen LogP contribution >= 0.6 is 12.6 Å². The maximum atomic E-state index is 6.11. The van der Waals surface area contributed by atoms with Crippen LogP contribution in [0, 0.1) is 39.5 Å². The highest BCUT2D eigenvalue weighted by molar-refractivity contribution is 7.80. The third-order valence-electron chi connectivity index (χ3n) is 16.1. The monoisotopic (exact) mass is 896 g/mol. The first-order chi connectivity index (χ1) is 32.4. The standard InChI is InChI=1S/C30H26.C17H18.C16H19NS.C2H6/c1-19-14-15-24-22-10-4-6-12-26(22)30(28(24)16-19)27-13-7-5-11-23(27)25-17-20-8-2-3-9-21(20)18-29(25)30;1-4-12-9-10-14-13-7-5-6-8-15(13)17(2,3)16(14)11-12;1-9-5-7-13(8-6-9)14-10(2)11(3)15(17)12(4)16(14)18;1-2/h2-13,17-19,24,28H,14-16H2,1H3;5-11H,4H2,1-3H3;5-8,18H,17H2,1-4H3;1-2H3. The zero-order valence-corrected chi connectivity index (χ0v) is 42.4. The molecule has 1 saturated carbocycles. The van der Waals surface area contributed by atoms with Gasteiger partial charge < -0.3 is 5.73 Å². The van der Waals surface area contributed by atoms with Gasteiger partial charge in [0.1, 0.15) is 0 Å². The lowest BCUT2D eigenvalue weighted by atomic mass is 9.61. The molecule has 4 aliphatic carbocycles. The van der Waals surface area contributed by atoms with Gasteiger partial charge in [0.2, 0.25) is 0 Å². The van der Waals surface area contributed by atoms with E-state index >= 15 is 0 Å². The van der Waals surface area contributed by atoms with Crippen LogP contribution in [-0.4, -0.2) is 0 Å². The van der Waals surface area contributed by atoms with Gasteiger partial charge in [-0.15, -0.1) is 12.6 Å². The van der Waals surface area contributed by atoms with Crippen LogP contribution in [0.15, 0.2) is 157 Å². The molecular formula is C65H69NS. The molecule has 0 radical (unpaired) electrons. The first-order valence-corrected chi connectivity index (χ1v) is 25.4. The minimum Gasteiger partial charge on any atom is -0.398 e. The van der Waals surface area contributed by atoms with E-state index < -0.39 is 0 Å². The van der Waals surface area contributed by atoms with Gasteiger partial charge in [0.15, 0.2) is 0 Å². The van der Waals surface area contributed by atoms with E-state index in [0.717, 1.165) is 34.0 Å². The van der Waals surface area contributed by atoms with Gasteiger partial charge in [0.05, 0.1) is 5.41 Å². The van der Waals surface area contributed by atoms with Crippen molar-refractivity contribution in [2.75, 3.05) is 5.73 Å². The molecular weight excluding hydrogens is 827 g/mol. The van der Waals surface area contributed by atoms with Crippen LogP contribution in [0.4, 0.5) is 5.69 Å². The number of hydrogen-bond acceptors (Lipinski definition) is 2. The maximum absolute atomic E-state index is 6.11. The third kappa shape index (κ3) is 7.55. The number of rotatable bonds is 2. The lowest BCUT2D eigenvalue weighted by molar-refractivity contribution is 0.214. The number of anilines is 1. The molecule has 340 valence electrons. The summed E-state index contributed by atoms with van der Waals surface area (Å²) in [6.45, 7) is 21.7. The second-order valence-corrected chi connectivity index (χ2v) is 20.5. The van der Waals surface area contributed by atoms with Crippen LogP contribution in [0.5, 0.6) is 0 Å². The molecule has 1 fully saturated rings. The minimum atomic E-state index is 0.00585. The average molecular weight is 896 g/mol. The number of fused-ring (bicyclic) bond motifs is 14. The predicted octanol–water partition coefficient (Wildman–Crippen LogP) is 17.7. The predicted molar refractivity (Wildman–Crippen MR) is 292 cm³/mol. The molecule has 67 heavy (non-hydrogen) atoms. The summed E-state index contributed by atoms with van der Waals surface area (Å²) in [7, 11) is 0. The molecule has 12 rings (SSSR count). The molecule has 8 aromatic carbocycles. The van der Waals surface area contributed by atoms with Crippen LogP contribution in [0.2, 0.25) is 0 Å². The molecule has 8 aromatic rings.